The van der Waals surface area contributed by atoms with Crippen molar-refractivity contribution in [2.45, 2.75) is 18.6 Å². The van der Waals surface area contributed by atoms with E-state index in [4.69, 9.17) is 10.5 Å². The zero-order chi connectivity index (χ0) is 13.3. The van der Waals surface area contributed by atoms with Crippen LogP contribution in [0.5, 0.6) is 0 Å². The molecule has 1 aliphatic heterocycles. The lowest BCUT2D eigenvalue weighted by molar-refractivity contribution is -0.138. The van der Waals surface area contributed by atoms with Crippen molar-refractivity contribution in [3.8, 4) is 0 Å². The molecule has 18 heavy (non-hydrogen) atoms. The maximum atomic E-state index is 13.1. The van der Waals surface area contributed by atoms with E-state index >= 15 is 0 Å². The van der Waals surface area contributed by atoms with Crippen LogP contribution in [-0.4, -0.2) is 13.2 Å². The predicted octanol–water partition coefficient (Wildman–Crippen LogP) is 2.88. The van der Waals surface area contributed by atoms with E-state index < -0.39 is 23.6 Å². The van der Waals surface area contributed by atoms with Crippen molar-refractivity contribution in [3.63, 3.8) is 0 Å². The van der Waals surface area contributed by atoms with Gasteiger partial charge in [-0.2, -0.15) is 13.2 Å². The molecule has 0 bridgehead atoms. The molecule has 2 nitrogen and oxygen atoms in total. The summed E-state index contributed by atoms with van der Waals surface area (Å²) in [5.41, 5.74) is 4.75. The summed E-state index contributed by atoms with van der Waals surface area (Å²) in [6.07, 6.45) is -3.94. The molecular weight excluding hydrogens is 250 g/mol. The van der Waals surface area contributed by atoms with Crippen molar-refractivity contribution in [2.75, 3.05) is 13.2 Å². The van der Waals surface area contributed by atoms with E-state index in [-0.39, 0.29) is 11.5 Å². The van der Waals surface area contributed by atoms with Crippen molar-refractivity contribution < 1.29 is 22.3 Å². The van der Waals surface area contributed by atoms with Gasteiger partial charge < -0.3 is 10.5 Å². The van der Waals surface area contributed by atoms with Gasteiger partial charge in [0.05, 0.1) is 12.2 Å². The molecule has 0 spiro atoms. The van der Waals surface area contributed by atoms with Crippen LogP contribution in [0.25, 0.3) is 0 Å². The molecule has 0 amide bonds. The molecule has 1 saturated heterocycles. The fourth-order valence-electron chi connectivity index (χ4n) is 2.16. The molecule has 2 rings (SSSR count). The van der Waals surface area contributed by atoms with Crippen LogP contribution in [-0.2, 0) is 10.9 Å². The van der Waals surface area contributed by atoms with E-state index in [0.717, 1.165) is 18.2 Å². The summed E-state index contributed by atoms with van der Waals surface area (Å²) in [4.78, 5) is 0. The number of nitrogens with two attached hydrogens (primary N) is 1. The summed E-state index contributed by atoms with van der Waals surface area (Å²) >= 11 is 0. The fourth-order valence-corrected chi connectivity index (χ4v) is 2.16. The monoisotopic (exact) mass is 263 g/mol. The number of halogens is 4. The molecule has 1 aromatic rings. The third-order valence-corrected chi connectivity index (χ3v) is 3.15. The highest BCUT2D eigenvalue weighted by Gasteiger charge is 2.37. The highest BCUT2D eigenvalue weighted by atomic mass is 19.4. The van der Waals surface area contributed by atoms with Crippen LogP contribution < -0.4 is 5.73 Å². The molecule has 0 aliphatic carbocycles. The summed E-state index contributed by atoms with van der Waals surface area (Å²) in [5.74, 6) is -0.916. The lowest BCUT2D eigenvalue weighted by atomic mass is 9.90. The van der Waals surface area contributed by atoms with E-state index in [1.165, 1.54) is 0 Å². The third kappa shape index (κ3) is 2.64. The third-order valence-electron chi connectivity index (χ3n) is 3.15. The minimum atomic E-state index is -4.53. The van der Waals surface area contributed by atoms with Gasteiger partial charge in [-0.05, 0) is 30.2 Å². The number of hydrogen-bond donors (Lipinski definition) is 1. The van der Waals surface area contributed by atoms with Gasteiger partial charge in [-0.15, -0.1) is 0 Å². The van der Waals surface area contributed by atoms with Crippen LogP contribution in [0.4, 0.5) is 17.6 Å². The lowest BCUT2D eigenvalue weighted by Crippen LogP contribution is -2.25. The number of rotatable bonds is 2. The Bertz CT molecular complexity index is 427. The quantitative estimate of drug-likeness (QED) is 0.833. The lowest BCUT2D eigenvalue weighted by Gasteiger charge is -2.22. The van der Waals surface area contributed by atoms with Crippen LogP contribution in [0.3, 0.4) is 0 Å². The summed E-state index contributed by atoms with van der Waals surface area (Å²) in [6, 6.07) is 1.54. The first kappa shape index (κ1) is 13.3. The van der Waals surface area contributed by atoms with Crippen molar-refractivity contribution in [1.29, 1.82) is 0 Å². The van der Waals surface area contributed by atoms with E-state index in [2.05, 4.69) is 0 Å². The molecule has 0 aromatic heterocycles. The first-order valence-corrected chi connectivity index (χ1v) is 5.59. The van der Waals surface area contributed by atoms with E-state index in [1.54, 1.807) is 0 Å². The summed E-state index contributed by atoms with van der Waals surface area (Å²) in [7, 11) is 0. The molecular formula is C12H13F4NO. The van der Waals surface area contributed by atoms with Gasteiger partial charge in [-0.3, -0.25) is 0 Å². The minimum Gasteiger partial charge on any atom is -0.381 e. The molecule has 1 fully saturated rings. The predicted molar refractivity (Wildman–Crippen MR) is 57.3 cm³/mol. The molecule has 2 N–H and O–H groups in total. The standard InChI is InChI=1S/C12H13F4NO/c13-8-1-2-10(12(14,15)16)9(5-8)11(17)7-3-4-18-6-7/h1-2,5,7,11H,3-4,6,17H2. The number of ether oxygens (including phenoxy) is 1. The topological polar surface area (TPSA) is 35.2 Å². The largest absolute Gasteiger partial charge is 0.416 e. The van der Waals surface area contributed by atoms with Crippen LogP contribution in [0.1, 0.15) is 23.6 Å². The van der Waals surface area contributed by atoms with E-state index in [0.29, 0.717) is 19.6 Å². The summed E-state index contributed by atoms with van der Waals surface area (Å²) in [6.45, 7) is 0.796. The Morgan fingerprint density at radius 1 is 1.33 bits per heavy atom. The van der Waals surface area contributed by atoms with Crippen LogP contribution in [0.15, 0.2) is 18.2 Å². The Balaban J connectivity index is 2.38. The van der Waals surface area contributed by atoms with Gasteiger partial charge in [0.15, 0.2) is 0 Å². The molecule has 1 aromatic carbocycles. The highest BCUT2D eigenvalue weighted by Crippen LogP contribution is 2.37. The molecule has 0 radical (unpaired) electrons. The Hall–Kier alpha value is -1.14. The molecule has 2 unspecified atom stereocenters. The Labute approximate surface area is 102 Å². The van der Waals surface area contributed by atoms with Gasteiger partial charge in [-0.25, -0.2) is 4.39 Å². The maximum Gasteiger partial charge on any atom is 0.416 e. The van der Waals surface area contributed by atoms with Gasteiger partial charge in [0.1, 0.15) is 5.82 Å². The Morgan fingerprint density at radius 2 is 2.06 bits per heavy atom. The van der Waals surface area contributed by atoms with Gasteiger partial charge in [-0.1, -0.05) is 0 Å². The van der Waals surface area contributed by atoms with Crippen molar-refractivity contribution in [1.82, 2.24) is 0 Å². The molecule has 2 atom stereocenters. The Morgan fingerprint density at radius 3 is 2.61 bits per heavy atom. The normalized spacial score (nSPS) is 22.2. The minimum absolute atomic E-state index is 0.196. The van der Waals surface area contributed by atoms with E-state index in [9.17, 15) is 17.6 Å². The van der Waals surface area contributed by atoms with Crippen molar-refractivity contribution in [2.24, 2.45) is 11.7 Å². The van der Waals surface area contributed by atoms with Crippen LogP contribution in [0.2, 0.25) is 0 Å². The van der Waals surface area contributed by atoms with Crippen LogP contribution in [0, 0.1) is 11.7 Å². The second-order valence-corrected chi connectivity index (χ2v) is 4.38. The Kier molecular flexibility index (Phi) is 3.59. The average molecular weight is 263 g/mol. The van der Waals surface area contributed by atoms with Gasteiger partial charge in [0.25, 0.3) is 0 Å². The first-order chi connectivity index (χ1) is 8.39. The molecule has 100 valence electrons. The van der Waals surface area contributed by atoms with Crippen molar-refractivity contribution in [3.05, 3.63) is 35.1 Å². The van der Waals surface area contributed by atoms with Gasteiger partial charge in [0.2, 0.25) is 0 Å². The summed E-state index contributed by atoms with van der Waals surface area (Å²) in [5, 5.41) is 0. The molecule has 1 heterocycles. The number of alkyl halides is 3. The zero-order valence-corrected chi connectivity index (χ0v) is 9.51. The second kappa shape index (κ2) is 4.85. The van der Waals surface area contributed by atoms with Gasteiger partial charge >= 0.3 is 6.18 Å². The van der Waals surface area contributed by atoms with Crippen molar-refractivity contribution >= 4 is 0 Å². The second-order valence-electron chi connectivity index (χ2n) is 4.38. The number of benzene rings is 1. The first-order valence-electron chi connectivity index (χ1n) is 5.59. The molecule has 6 heteroatoms. The van der Waals surface area contributed by atoms with Crippen LogP contribution >= 0.6 is 0 Å². The smallest absolute Gasteiger partial charge is 0.381 e. The fraction of sp³-hybridized carbons (Fsp3) is 0.500. The zero-order valence-electron chi connectivity index (χ0n) is 9.51. The maximum absolute atomic E-state index is 13.1. The van der Waals surface area contributed by atoms with Gasteiger partial charge in [0, 0.05) is 18.6 Å². The number of hydrogen-bond acceptors (Lipinski definition) is 2. The highest BCUT2D eigenvalue weighted by molar-refractivity contribution is 5.33. The molecule has 1 aliphatic rings. The van der Waals surface area contributed by atoms with E-state index in [1.807, 2.05) is 0 Å². The SMILES string of the molecule is NC(c1cc(F)ccc1C(F)(F)F)C1CCOC1. The summed E-state index contributed by atoms with van der Waals surface area (Å²) < 4.78 is 56.7. The average Bonchev–Trinajstić information content (AvgIpc) is 2.79. The molecule has 0 saturated carbocycles.